The monoisotopic (exact) mass is 287 g/mol. The van der Waals surface area contributed by atoms with Gasteiger partial charge in [-0.3, -0.25) is 4.79 Å². The molecule has 0 aromatic heterocycles. The van der Waals surface area contributed by atoms with Crippen LogP contribution in [0.3, 0.4) is 0 Å². The zero-order valence-electron chi connectivity index (χ0n) is 10.00. The Morgan fingerprint density at radius 1 is 1.32 bits per heavy atom. The van der Waals surface area contributed by atoms with Crippen LogP contribution in [0, 0.1) is 17.6 Å². The Labute approximate surface area is 113 Å². The molecule has 102 valence electrons. The molecule has 3 rings (SSSR count). The molecule has 1 amide bonds. The van der Waals surface area contributed by atoms with Crippen molar-refractivity contribution < 1.29 is 18.7 Å². The van der Waals surface area contributed by atoms with E-state index in [-0.39, 0.29) is 29.6 Å². The van der Waals surface area contributed by atoms with Crippen LogP contribution in [0.1, 0.15) is 23.2 Å². The van der Waals surface area contributed by atoms with Crippen LogP contribution in [-0.2, 0) is 0 Å². The van der Waals surface area contributed by atoms with Gasteiger partial charge in [0.25, 0.3) is 5.91 Å². The number of rotatable bonds is 2. The van der Waals surface area contributed by atoms with Gasteiger partial charge in [-0.05, 0) is 30.9 Å². The Bertz CT molecular complexity index is 554. The molecule has 2 aliphatic rings. The molecule has 19 heavy (non-hydrogen) atoms. The van der Waals surface area contributed by atoms with E-state index in [0.29, 0.717) is 0 Å². The van der Waals surface area contributed by atoms with Gasteiger partial charge in [-0.1, -0.05) is 11.6 Å². The van der Waals surface area contributed by atoms with Crippen molar-refractivity contribution in [2.45, 2.75) is 18.4 Å². The molecule has 0 atom stereocenters. The highest BCUT2D eigenvalue weighted by Gasteiger charge is 2.53. The van der Waals surface area contributed by atoms with Crippen molar-refractivity contribution in [1.82, 2.24) is 4.90 Å². The van der Waals surface area contributed by atoms with Crippen molar-refractivity contribution >= 4 is 17.5 Å². The van der Waals surface area contributed by atoms with Crippen LogP contribution in [0.15, 0.2) is 12.1 Å². The van der Waals surface area contributed by atoms with Crippen LogP contribution in [0.25, 0.3) is 0 Å². The summed E-state index contributed by atoms with van der Waals surface area (Å²) in [5.74, 6) is -2.41. The van der Waals surface area contributed by atoms with Gasteiger partial charge >= 0.3 is 0 Å². The second-order valence-corrected chi connectivity index (χ2v) is 5.69. The van der Waals surface area contributed by atoms with E-state index in [1.54, 1.807) is 0 Å². The minimum absolute atomic E-state index is 0.0709. The molecule has 1 heterocycles. The van der Waals surface area contributed by atoms with E-state index in [4.69, 9.17) is 11.6 Å². The number of carbonyl (C=O) groups is 1. The number of hydrogen-bond acceptors (Lipinski definition) is 2. The average Bonchev–Trinajstić information content (AvgIpc) is 3.13. The lowest BCUT2D eigenvalue weighted by Gasteiger charge is -2.47. The first-order valence-electron chi connectivity index (χ1n) is 6.07. The maximum absolute atomic E-state index is 13.1. The van der Waals surface area contributed by atoms with Crippen LogP contribution < -0.4 is 0 Å². The number of carbonyl (C=O) groups excluding carboxylic acids is 1. The first-order valence-corrected chi connectivity index (χ1v) is 6.45. The second-order valence-electron chi connectivity index (χ2n) is 5.29. The van der Waals surface area contributed by atoms with Gasteiger partial charge in [-0.2, -0.15) is 0 Å². The molecule has 0 unspecified atom stereocenters. The predicted molar refractivity (Wildman–Crippen MR) is 64.9 cm³/mol. The first-order chi connectivity index (χ1) is 8.90. The molecule has 6 heteroatoms. The van der Waals surface area contributed by atoms with Crippen LogP contribution in [-0.4, -0.2) is 34.6 Å². The Kier molecular flexibility index (Phi) is 2.80. The number of halogens is 3. The normalized spacial score (nSPS) is 21.2. The Morgan fingerprint density at radius 3 is 2.47 bits per heavy atom. The molecule has 1 N–H and O–H groups in total. The second kappa shape index (κ2) is 4.15. The maximum atomic E-state index is 13.1. The van der Waals surface area contributed by atoms with Gasteiger partial charge in [0.15, 0.2) is 11.6 Å². The molecule has 3 nitrogen and oxygen atoms in total. The van der Waals surface area contributed by atoms with Crippen molar-refractivity contribution in [3.8, 4) is 0 Å². The van der Waals surface area contributed by atoms with Crippen LogP contribution in [0.2, 0.25) is 5.02 Å². The minimum Gasteiger partial charge on any atom is -0.386 e. The van der Waals surface area contributed by atoms with Crippen molar-refractivity contribution in [1.29, 1.82) is 0 Å². The van der Waals surface area contributed by atoms with Gasteiger partial charge < -0.3 is 10.0 Å². The molecule has 1 saturated heterocycles. The van der Waals surface area contributed by atoms with Gasteiger partial charge in [0.2, 0.25) is 0 Å². The summed E-state index contributed by atoms with van der Waals surface area (Å²) in [6.45, 7) is 0.456. The van der Waals surface area contributed by atoms with Gasteiger partial charge in [0, 0.05) is 0 Å². The summed E-state index contributed by atoms with van der Waals surface area (Å²) in [4.78, 5) is 13.5. The smallest absolute Gasteiger partial charge is 0.255 e. The van der Waals surface area contributed by atoms with E-state index in [1.165, 1.54) is 4.90 Å². The summed E-state index contributed by atoms with van der Waals surface area (Å²) < 4.78 is 26.1. The molecular formula is C13H12ClF2NO2. The van der Waals surface area contributed by atoms with E-state index in [0.717, 1.165) is 25.0 Å². The number of aliphatic hydroxyl groups is 1. The number of hydrogen-bond donors (Lipinski definition) is 1. The van der Waals surface area contributed by atoms with E-state index in [9.17, 15) is 18.7 Å². The van der Waals surface area contributed by atoms with E-state index in [1.807, 2.05) is 0 Å². The quantitative estimate of drug-likeness (QED) is 0.847. The van der Waals surface area contributed by atoms with Crippen LogP contribution in [0.4, 0.5) is 8.78 Å². The molecular weight excluding hydrogens is 276 g/mol. The molecule has 1 aliphatic heterocycles. The summed E-state index contributed by atoms with van der Waals surface area (Å²) in [7, 11) is 0. The molecule has 1 saturated carbocycles. The summed E-state index contributed by atoms with van der Waals surface area (Å²) in [5.41, 5.74) is -0.876. The SMILES string of the molecule is O=C(c1cc(F)c(F)cc1Cl)N1CC(O)(C2CC2)C1. The zero-order valence-corrected chi connectivity index (χ0v) is 10.8. The topological polar surface area (TPSA) is 40.5 Å². The standard InChI is InChI=1S/C13H12ClF2NO2/c14-9-4-11(16)10(15)3-8(9)12(18)17-5-13(19,6-17)7-1-2-7/h3-4,7,19H,1-2,5-6H2. The lowest BCUT2D eigenvalue weighted by molar-refractivity contribution is -0.0958. The third kappa shape index (κ3) is 2.11. The predicted octanol–water partition coefficient (Wildman–Crippen LogP) is 2.22. The maximum Gasteiger partial charge on any atom is 0.255 e. The Morgan fingerprint density at radius 2 is 1.89 bits per heavy atom. The van der Waals surface area contributed by atoms with Crippen molar-refractivity contribution in [2.75, 3.05) is 13.1 Å². The third-order valence-electron chi connectivity index (χ3n) is 3.79. The Hall–Kier alpha value is -1.20. The fourth-order valence-corrected chi connectivity index (χ4v) is 2.73. The molecule has 1 aliphatic carbocycles. The highest BCUT2D eigenvalue weighted by Crippen LogP contribution is 2.45. The highest BCUT2D eigenvalue weighted by molar-refractivity contribution is 6.33. The lowest BCUT2D eigenvalue weighted by Crippen LogP contribution is -2.64. The molecule has 0 spiro atoms. The molecule has 2 fully saturated rings. The average molecular weight is 288 g/mol. The third-order valence-corrected chi connectivity index (χ3v) is 4.11. The minimum atomic E-state index is -1.11. The number of nitrogens with zero attached hydrogens (tertiary/aromatic N) is 1. The number of benzene rings is 1. The molecule has 1 aromatic carbocycles. The molecule has 0 radical (unpaired) electrons. The van der Waals surface area contributed by atoms with Gasteiger partial charge in [0.05, 0.1) is 23.7 Å². The summed E-state index contributed by atoms with van der Waals surface area (Å²) in [5, 5.41) is 10.0. The van der Waals surface area contributed by atoms with E-state index < -0.39 is 23.1 Å². The summed E-state index contributed by atoms with van der Waals surface area (Å²) in [6.07, 6.45) is 1.95. The van der Waals surface area contributed by atoms with Gasteiger partial charge in [-0.15, -0.1) is 0 Å². The van der Waals surface area contributed by atoms with E-state index in [2.05, 4.69) is 0 Å². The lowest BCUT2D eigenvalue weighted by atomic mass is 9.88. The highest BCUT2D eigenvalue weighted by atomic mass is 35.5. The number of β-amino-alcohol motifs (C(OH)–C–C–N with tert-alkyl or cyclic N) is 1. The summed E-state index contributed by atoms with van der Waals surface area (Å²) in [6, 6.07) is 1.59. The molecule has 0 bridgehead atoms. The van der Waals surface area contributed by atoms with Gasteiger partial charge in [0.1, 0.15) is 5.60 Å². The number of amides is 1. The van der Waals surface area contributed by atoms with Crippen LogP contribution >= 0.6 is 11.6 Å². The zero-order chi connectivity index (χ0) is 13.8. The van der Waals surface area contributed by atoms with Gasteiger partial charge in [-0.25, -0.2) is 8.78 Å². The fraction of sp³-hybridized carbons (Fsp3) is 0.462. The van der Waals surface area contributed by atoms with Crippen molar-refractivity contribution in [2.24, 2.45) is 5.92 Å². The Balaban J connectivity index is 1.77. The van der Waals surface area contributed by atoms with E-state index >= 15 is 0 Å². The largest absolute Gasteiger partial charge is 0.386 e. The fourth-order valence-electron chi connectivity index (χ4n) is 2.49. The van der Waals surface area contributed by atoms with Crippen LogP contribution in [0.5, 0.6) is 0 Å². The molecule has 1 aromatic rings. The number of likely N-dealkylation sites (tertiary alicyclic amines) is 1. The van der Waals surface area contributed by atoms with Crippen molar-refractivity contribution in [3.63, 3.8) is 0 Å². The summed E-state index contributed by atoms with van der Waals surface area (Å²) >= 11 is 5.75. The van der Waals surface area contributed by atoms with Crippen molar-refractivity contribution in [3.05, 3.63) is 34.4 Å². The first kappa shape index (κ1) is 12.8.